The van der Waals surface area contributed by atoms with E-state index in [4.69, 9.17) is 33.9 Å². The highest BCUT2D eigenvalue weighted by atomic mass is 28.3. The molecule has 15 heteroatoms. The first-order chi connectivity index (χ1) is 29.9. The first-order valence-electron chi connectivity index (χ1n) is 22.4. The number of hydrogen-bond acceptors (Lipinski definition) is 10. The van der Waals surface area contributed by atoms with E-state index in [-0.39, 0.29) is 59.6 Å². The third kappa shape index (κ3) is 8.43. The number of alkyl carbamates (subject to hydrolysis) is 1. The van der Waals surface area contributed by atoms with Gasteiger partial charge in [0.1, 0.15) is 55.0 Å². The number of nitrogens with one attached hydrogen (secondary N) is 1. The van der Waals surface area contributed by atoms with E-state index in [0.717, 1.165) is 19.4 Å². The summed E-state index contributed by atoms with van der Waals surface area (Å²) in [5.74, 6) is 3.16. The Morgan fingerprint density at radius 3 is 2.40 bits per heavy atom. The first-order valence-corrected chi connectivity index (χ1v) is 24.6. The molecule has 2 aromatic carbocycles. The Balaban J connectivity index is 1.25. The summed E-state index contributed by atoms with van der Waals surface area (Å²) in [4.78, 5) is 31.2. The standard InChI is InChI=1S/C48H61F3N6O5Si/c1-27(2)63(28(3)4,29(5)6)17-14-33-38(50)13-12-30-18-32(61-26-59-10)19-34(39(30)33)42-40(51)43-35(21-52-42)44(56-23-36-37(24-56)41(36)54-46(58)62-47(7,8)9)55-45(53-43)60-25-48-15-11-16-57(48)22-31(49)20-48/h12-13,18-19,21,27-29,31,36-37,41H,11,15-16,20,22-26H2,1-10H3,(H,54,58)/t31-,36-,37+,41?,48+/m1/s1. The molecule has 1 aliphatic carbocycles. The fourth-order valence-corrected chi connectivity index (χ4v) is 16.3. The number of hydrogen-bond donors (Lipinski definition) is 1. The summed E-state index contributed by atoms with van der Waals surface area (Å²) >= 11 is 0. The summed E-state index contributed by atoms with van der Waals surface area (Å²) in [6.07, 6.45) is 2.21. The summed E-state index contributed by atoms with van der Waals surface area (Å²) in [5, 5.41) is 4.39. The van der Waals surface area contributed by atoms with Crippen LogP contribution >= 0.6 is 0 Å². The normalized spacial score (nSPS) is 23.4. The number of methoxy groups -OCH3 is 1. The molecule has 3 aliphatic heterocycles. The fourth-order valence-electron chi connectivity index (χ4n) is 11.1. The maximum absolute atomic E-state index is 17.7. The van der Waals surface area contributed by atoms with Crippen molar-refractivity contribution in [2.45, 2.75) is 122 Å². The van der Waals surface area contributed by atoms with Gasteiger partial charge in [-0.1, -0.05) is 53.5 Å². The van der Waals surface area contributed by atoms with Crippen molar-refractivity contribution in [3.8, 4) is 34.5 Å². The molecule has 1 saturated carbocycles. The highest BCUT2D eigenvalue weighted by Gasteiger charge is 2.57. The molecule has 0 bridgehead atoms. The van der Waals surface area contributed by atoms with Gasteiger partial charge in [-0.3, -0.25) is 9.88 Å². The van der Waals surface area contributed by atoms with Crippen LogP contribution in [0.25, 0.3) is 32.9 Å². The van der Waals surface area contributed by atoms with Crippen molar-refractivity contribution in [1.82, 2.24) is 25.2 Å². The van der Waals surface area contributed by atoms with Gasteiger partial charge in [0.05, 0.1) is 16.5 Å². The summed E-state index contributed by atoms with van der Waals surface area (Å²) in [6, 6.07) is 6.36. The van der Waals surface area contributed by atoms with Gasteiger partial charge in [0.2, 0.25) is 0 Å². The van der Waals surface area contributed by atoms with Crippen LogP contribution in [0.5, 0.6) is 11.8 Å². The number of anilines is 1. The first kappa shape index (κ1) is 44.9. The van der Waals surface area contributed by atoms with Gasteiger partial charge in [-0.25, -0.2) is 18.0 Å². The minimum Gasteiger partial charge on any atom is -0.468 e. The summed E-state index contributed by atoms with van der Waals surface area (Å²) in [6.45, 7) is 21.0. The molecule has 11 nitrogen and oxygen atoms in total. The number of alkyl halides is 1. The minimum atomic E-state index is -2.32. The number of carbonyl (C=O) groups excluding carboxylic acids is 1. The molecule has 63 heavy (non-hydrogen) atoms. The van der Waals surface area contributed by atoms with Crippen molar-refractivity contribution >= 4 is 41.7 Å². The second kappa shape index (κ2) is 17.0. The van der Waals surface area contributed by atoms with Crippen LogP contribution in [0.15, 0.2) is 30.5 Å². The number of fused-ring (bicyclic) bond motifs is 4. The molecule has 4 fully saturated rings. The topological polar surface area (TPSA) is 111 Å². The van der Waals surface area contributed by atoms with E-state index in [2.05, 4.69) is 68.1 Å². The summed E-state index contributed by atoms with van der Waals surface area (Å²) in [5.41, 5.74) is 3.84. The van der Waals surface area contributed by atoms with Crippen LogP contribution in [0.1, 0.15) is 87.1 Å². The van der Waals surface area contributed by atoms with Crippen LogP contribution < -0.4 is 19.7 Å². The molecule has 8 rings (SSSR count). The van der Waals surface area contributed by atoms with Gasteiger partial charge < -0.3 is 29.2 Å². The molecule has 338 valence electrons. The maximum Gasteiger partial charge on any atom is 0.407 e. The average molecular weight is 887 g/mol. The van der Waals surface area contributed by atoms with E-state index in [1.165, 1.54) is 13.2 Å². The third-order valence-electron chi connectivity index (χ3n) is 14.0. The second-order valence-corrected chi connectivity index (χ2v) is 25.6. The number of rotatable bonds is 12. The molecule has 1 N–H and O–H groups in total. The smallest absolute Gasteiger partial charge is 0.407 e. The molecular formula is C48H61F3N6O5Si. The van der Waals surface area contributed by atoms with E-state index >= 15 is 8.78 Å². The van der Waals surface area contributed by atoms with Crippen molar-refractivity contribution in [1.29, 1.82) is 0 Å². The molecule has 1 amide bonds. The van der Waals surface area contributed by atoms with Crippen LogP contribution in [-0.4, -0.2) is 104 Å². The monoisotopic (exact) mass is 886 g/mol. The number of carbonyl (C=O) groups is 1. The van der Waals surface area contributed by atoms with Gasteiger partial charge in [0, 0.05) is 68.2 Å². The van der Waals surface area contributed by atoms with Crippen molar-refractivity contribution < 1.29 is 36.9 Å². The number of ether oxygens (including phenoxy) is 4. The van der Waals surface area contributed by atoms with Gasteiger partial charge >= 0.3 is 12.1 Å². The summed E-state index contributed by atoms with van der Waals surface area (Å²) < 4.78 is 71.9. The highest BCUT2D eigenvalue weighted by molar-refractivity contribution is 6.90. The molecule has 4 aromatic rings. The van der Waals surface area contributed by atoms with Crippen LogP contribution in [0, 0.1) is 34.9 Å². The molecule has 5 heterocycles. The number of pyridine rings is 1. The van der Waals surface area contributed by atoms with Crippen LogP contribution in [0.2, 0.25) is 16.6 Å². The van der Waals surface area contributed by atoms with E-state index in [9.17, 15) is 9.18 Å². The van der Waals surface area contributed by atoms with Gasteiger partial charge in [-0.2, -0.15) is 9.97 Å². The average Bonchev–Trinajstić information content (AvgIpc) is 3.52. The highest BCUT2D eigenvalue weighted by Crippen LogP contribution is 2.49. The predicted octanol–water partition coefficient (Wildman–Crippen LogP) is 9.59. The lowest BCUT2D eigenvalue weighted by Gasteiger charge is -2.38. The number of amides is 1. The lowest BCUT2D eigenvalue weighted by Crippen LogP contribution is -2.43. The van der Waals surface area contributed by atoms with Gasteiger partial charge in [0.15, 0.2) is 12.6 Å². The molecule has 0 radical (unpaired) electrons. The van der Waals surface area contributed by atoms with Gasteiger partial charge in [0.25, 0.3) is 0 Å². The Morgan fingerprint density at radius 1 is 1.02 bits per heavy atom. The van der Waals surface area contributed by atoms with E-state index in [1.54, 1.807) is 24.4 Å². The zero-order chi connectivity index (χ0) is 45.2. The molecule has 2 aromatic heterocycles. The number of aromatic nitrogens is 3. The van der Waals surface area contributed by atoms with Crippen LogP contribution in [-0.2, 0) is 9.47 Å². The quantitative estimate of drug-likeness (QED) is 0.0839. The van der Waals surface area contributed by atoms with E-state index in [1.807, 2.05) is 20.8 Å². The number of piperidine rings is 1. The fraction of sp³-hybridized carbons (Fsp3) is 0.583. The van der Waals surface area contributed by atoms with E-state index < -0.39 is 43.1 Å². The maximum atomic E-state index is 17.7. The van der Waals surface area contributed by atoms with Crippen molar-refractivity contribution in [2.24, 2.45) is 11.8 Å². The summed E-state index contributed by atoms with van der Waals surface area (Å²) in [7, 11) is -0.809. The van der Waals surface area contributed by atoms with E-state index in [0.29, 0.717) is 70.4 Å². The Morgan fingerprint density at radius 2 is 1.73 bits per heavy atom. The van der Waals surface area contributed by atoms with Crippen molar-refractivity contribution in [3.63, 3.8) is 0 Å². The molecule has 1 unspecified atom stereocenters. The lowest BCUT2D eigenvalue weighted by atomic mass is 9.95. The lowest BCUT2D eigenvalue weighted by molar-refractivity contribution is 0.0510. The van der Waals surface area contributed by atoms with Crippen LogP contribution in [0.3, 0.4) is 0 Å². The SMILES string of the molecule is COCOc1cc(-c2ncc3c(N4C[C@@H]5C(NC(=O)OC(C)(C)C)[C@@H]5C4)nc(OC[C@@]45CCCN4C[C@H](F)C5)nc3c2F)c2c(C#C[Si](C(C)C)(C(C)C)C(C)C)c(F)ccc2c1. The Hall–Kier alpha value is -4.65. The predicted molar refractivity (Wildman–Crippen MR) is 242 cm³/mol. The van der Waals surface area contributed by atoms with Crippen molar-refractivity contribution in [2.75, 3.05) is 51.6 Å². The molecular weight excluding hydrogens is 826 g/mol. The van der Waals surface area contributed by atoms with Crippen LogP contribution in [0.4, 0.5) is 23.8 Å². The zero-order valence-electron chi connectivity index (χ0n) is 38.2. The Labute approximate surface area is 369 Å². The third-order valence-corrected chi connectivity index (χ3v) is 20.3. The molecule has 5 atom stereocenters. The zero-order valence-corrected chi connectivity index (χ0v) is 39.2. The minimum absolute atomic E-state index is 0.0224. The number of nitrogens with zero attached hydrogens (tertiary/aromatic N) is 5. The van der Waals surface area contributed by atoms with Gasteiger partial charge in [-0.05, 0) is 80.4 Å². The van der Waals surface area contributed by atoms with Gasteiger partial charge in [-0.15, -0.1) is 5.54 Å². The largest absolute Gasteiger partial charge is 0.468 e. The second-order valence-electron chi connectivity index (χ2n) is 20.0. The number of halogens is 3. The van der Waals surface area contributed by atoms with Crippen molar-refractivity contribution in [3.05, 3.63) is 47.7 Å². The molecule has 3 saturated heterocycles. The molecule has 0 spiro atoms. The Bertz CT molecular complexity index is 2440. The Kier molecular flexibility index (Phi) is 12.2. The molecule has 4 aliphatic rings. The number of benzene rings is 2.